The number of amides is 1. The minimum Gasteiger partial charge on any atom is -0.495 e. The maximum absolute atomic E-state index is 12.3. The maximum atomic E-state index is 12.3. The lowest BCUT2D eigenvalue weighted by atomic mass is 10.3. The van der Waals surface area contributed by atoms with Crippen LogP contribution >= 0.6 is 23.2 Å². The van der Waals surface area contributed by atoms with E-state index in [0.717, 1.165) is 10.6 Å². The van der Waals surface area contributed by atoms with E-state index in [1.165, 1.54) is 19.2 Å². The molecule has 1 amide bonds. The maximum Gasteiger partial charge on any atom is 0.245 e. The molecule has 2 rings (SSSR count). The second kappa shape index (κ2) is 7.95. The molecule has 134 valence electrons. The molecule has 0 radical (unpaired) electrons. The Morgan fingerprint density at radius 1 is 1.20 bits per heavy atom. The zero-order valence-electron chi connectivity index (χ0n) is 13.5. The van der Waals surface area contributed by atoms with Gasteiger partial charge in [-0.25, -0.2) is 8.42 Å². The number of sulfonamides is 1. The molecule has 0 unspecified atom stereocenters. The van der Waals surface area contributed by atoms with Crippen LogP contribution in [-0.4, -0.2) is 34.2 Å². The number of carbonyl (C=O) groups is 1. The highest BCUT2D eigenvalue weighted by atomic mass is 35.5. The number of rotatable bonds is 6. The van der Waals surface area contributed by atoms with Crippen molar-refractivity contribution in [2.24, 2.45) is 0 Å². The molecule has 0 heterocycles. The Kier molecular flexibility index (Phi) is 6.16. The van der Waals surface area contributed by atoms with Crippen molar-refractivity contribution in [3.8, 4) is 5.75 Å². The van der Waals surface area contributed by atoms with Crippen molar-refractivity contribution in [1.29, 1.82) is 0 Å². The van der Waals surface area contributed by atoms with Gasteiger partial charge >= 0.3 is 0 Å². The number of hydrogen-bond donors (Lipinski definition) is 1. The molecule has 0 aliphatic rings. The van der Waals surface area contributed by atoms with Crippen LogP contribution in [0.2, 0.25) is 10.0 Å². The van der Waals surface area contributed by atoms with Gasteiger partial charge in [0.05, 0.1) is 29.8 Å². The minimum atomic E-state index is -3.72. The smallest absolute Gasteiger partial charge is 0.245 e. The molecule has 2 aromatic rings. The lowest BCUT2D eigenvalue weighted by Gasteiger charge is -2.23. The number of methoxy groups -OCH3 is 1. The molecule has 0 atom stereocenters. The monoisotopic (exact) mass is 402 g/mol. The number of halogens is 2. The third kappa shape index (κ3) is 5.01. The summed E-state index contributed by atoms with van der Waals surface area (Å²) in [5.74, 6) is -0.234. The fourth-order valence-electron chi connectivity index (χ4n) is 2.13. The summed E-state index contributed by atoms with van der Waals surface area (Å²) in [5, 5.41) is 3.24. The average molecular weight is 403 g/mol. The summed E-state index contributed by atoms with van der Waals surface area (Å²) in [5.41, 5.74) is 0.562. The Labute approximate surface area is 156 Å². The molecule has 2 aromatic carbocycles. The minimum absolute atomic E-state index is 0.264. The zero-order chi connectivity index (χ0) is 18.6. The first-order valence-electron chi connectivity index (χ1n) is 7.08. The molecule has 0 aromatic heterocycles. The van der Waals surface area contributed by atoms with E-state index in [4.69, 9.17) is 27.9 Å². The van der Waals surface area contributed by atoms with E-state index in [9.17, 15) is 13.2 Å². The number of nitrogens with zero attached hydrogens (tertiary/aromatic N) is 1. The van der Waals surface area contributed by atoms with Gasteiger partial charge in [-0.2, -0.15) is 0 Å². The molecule has 0 spiro atoms. The first-order valence-corrected chi connectivity index (χ1v) is 9.68. The molecule has 6 nitrogen and oxygen atoms in total. The third-order valence-corrected chi connectivity index (χ3v) is 4.94. The highest BCUT2D eigenvalue weighted by Gasteiger charge is 2.24. The predicted molar refractivity (Wildman–Crippen MR) is 100 cm³/mol. The summed E-state index contributed by atoms with van der Waals surface area (Å²) in [4.78, 5) is 12.3. The first kappa shape index (κ1) is 19.4. The van der Waals surface area contributed by atoms with Crippen LogP contribution in [0.15, 0.2) is 42.5 Å². The quantitative estimate of drug-likeness (QED) is 0.802. The highest BCUT2D eigenvalue weighted by Crippen LogP contribution is 2.30. The van der Waals surface area contributed by atoms with Gasteiger partial charge in [0.1, 0.15) is 12.3 Å². The van der Waals surface area contributed by atoms with Crippen molar-refractivity contribution < 1.29 is 17.9 Å². The van der Waals surface area contributed by atoms with Crippen molar-refractivity contribution in [3.63, 3.8) is 0 Å². The second-order valence-electron chi connectivity index (χ2n) is 5.11. The Hall–Kier alpha value is -1.96. The molecule has 0 bridgehead atoms. The van der Waals surface area contributed by atoms with Crippen LogP contribution in [0.25, 0.3) is 0 Å². The van der Waals surface area contributed by atoms with Crippen molar-refractivity contribution >= 4 is 50.5 Å². The Morgan fingerprint density at radius 3 is 2.52 bits per heavy atom. The Bertz CT molecular complexity index is 887. The van der Waals surface area contributed by atoms with E-state index >= 15 is 0 Å². The summed E-state index contributed by atoms with van der Waals surface area (Å²) in [6.45, 7) is -0.442. The van der Waals surface area contributed by atoms with Gasteiger partial charge in [0.15, 0.2) is 0 Å². The second-order valence-corrected chi connectivity index (χ2v) is 7.86. The zero-order valence-corrected chi connectivity index (χ0v) is 15.8. The van der Waals surface area contributed by atoms with E-state index in [2.05, 4.69) is 5.32 Å². The van der Waals surface area contributed by atoms with E-state index in [0.29, 0.717) is 21.5 Å². The lowest BCUT2D eigenvalue weighted by molar-refractivity contribution is -0.114. The molecule has 0 aliphatic carbocycles. The topological polar surface area (TPSA) is 75.7 Å². The van der Waals surface area contributed by atoms with E-state index in [1.54, 1.807) is 30.3 Å². The number of anilines is 2. The number of nitrogens with one attached hydrogen (secondary N) is 1. The van der Waals surface area contributed by atoms with Crippen LogP contribution in [-0.2, 0) is 14.8 Å². The van der Waals surface area contributed by atoms with E-state index in [-0.39, 0.29) is 5.69 Å². The van der Waals surface area contributed by atoms with Crippen molar-refractivity contribution in [2.45, 2.75) is 0 Å². The first-order chi connectivity index (χ1) is 11.7. The number of ether oxygens (including phenoxy) is 1. The number of benzene rings is 2. The number of hydrogen-bond acceptors (Lipinski definition) is 4. The van der Waals surface area contributed by atoms with Crippen LogP contribution in [0.4, 0.5) is 11.4 Å². The summed E-state index contributed by atoms with van der Waals surface area (Å²) in [7, 11) is -2.30. The summed E-state index contributed by atoms with van der Waals surface area (Å²) in [6.07, 6.45) is 1.01. The highest BCUT2D eigenvalue weighted by molar-refractivity contribution is 7.92. The molecule has 25 heavy (non-hydrogen) atoms. The van der Waals surface area contributed by atoms with E-state index in [1.807, 2.05) is 0 Å². The van der Waals surface area contributed by atoms with Gasteiger partial charge in [-0.1, -0.05) is 35.3 Å². The van der Waals surface area contributed by atoms with Gasteiger partial charge in [0, 0.05) is 5.02 Å². The summed E-state index contributed by atoms with van der Waals surface area (Å²) in [6, 6.07) is 11.1. The Morgan fingerprint density at radius 2 is 1.88 bits per heavy atom. The van der Waals surface area contributed by atoms with Gasteiger partial charge in [0.25, 0.3) is 0 Å². The normalized spacial score (nSPS) is 11.0. The summed E-state index contributed by atoms with van der Waals surface area (Å²) < 4.78 is 30.4. The standard InChI is InChI=1S/C16H16Cl2N2O4S/c1-24-15-6-4-3-5-14(15)20(25(2,22)23)10-16(21)19-13-9-11(17)7-8-12(13)18/h3-9H,10H2,1-2H3,(H,19,21). The van der Waals surface area contributed by atoms with Crippen LogP contribution in [0, 0.1) is 0 Å². The molecule has 1 N–H and O–H groups in total. The molecule has 0 fully saturated rings. The van der Waals surface area contributed by atoms with Gasteiger partial charge in [0.2, 0.25) is 15.9 Å². The number of para-hydroxylation sites is 2. The van der Waals surface area contributed by atoms with Crippen molar-refractivity contribution in [2.75, 3.05) is 29.5 Å². The fraction of sp³-hybridized carbons (Fsp3) is 0.188. The predicted octanol–water partition coefficient (Wildman–Crippen LogP) is 3.41. The van der Waals surface area contributed by atoms with Crippen molar-refractivity contribution in [1.82, 2.24) is 0 Å². The largest absolute Gasteiger partial charge is 0.495 e. The molecular weight excluding hydrogens is 387 g/mol. The molecule has 0 saturated heterocycles. The molecule has 0 saturated carbocycles. The van der Waals surface area contributed by atoms with Gasteiger partial charge in [-0.3, -0.25) is 9.10 Å². The van der Waals surface area contributed by atoms with Crippen LogP contribution in [0.5, 0.6) is 5.75 Å². The van der Waals surface area contributed by atoms with Gasteiger partial charge in [-0.15, -0.1) is 0 Å². The van der Waals surface area contributed by atoms with Crippen LogP contribution in [0.1, 0.15) is 0 Å². The number of carbonyl (C=O) groups excluding carboxylic acids is 1. The summed E-state index contributed by atoms with van der Waals surface area (Å²) >= 11 is 11.9. The fourth-order valence-corrected chi connectivity index (χ4v) is 3.33. The molecule has 9 heteroatoms. The lowest BCUT2D eigenvalue weighted by Crippen LogP contribution is -2.37. The SMILES string of the molecule is COc1ccccc1N(CC(=O)Nc1cc(Cl)ccc1Cl)S(C)(=O)=O. The van der Waals surface area contributed by atoms with Crippen LogP contribution < -0.4 is 14.4 Å². The van der Waals surface area contributed by atoms with Crippen molar-refractivity contribution in [3.05, 3.63) is 52.5 Å². The molecule has 0 aliphatic heterocycles. The van der Waals surface area contributed by atoms with E-state index < -0.39 is 22.5 Å². The van der Waals surface area contributed by atoms with Gasteiger partial charge in [-0.05, 0) is 30.3 Å². The molecular formula is C16H16Cl2N2O4S. The average Bonchev–Trinajstić information content (AvgIpc) is 2.55. The third-order valence-electron chi connectivity index (χ3n) is 3.24. The van der Waals surface area contributed by atoms with Gasteiger partial charge < -0.3 is 10.1 Å². The Balaban J connectivity index is 2.29. The van der Waals surface area contributed by atoms with Crippen LogP contribution in [0.3, 0.4) is 0 Å².